The zero-order valence-corrected chi connectivity index (χ0v) is 20.3. The summed E-state index contributed by atoms with van der Waals surface area (Å²) in [5.74, 6) is -1.94. The fourth-order valence-corrected chi connectivity index (χ4v) is 4.99. The maximum atomic E-state index is 12.1. The van der Waals surface area contributed by atoms with E-state index in [9.17, 15) is 5.11 Å². The van der Waals surface area contributed by atoms with E-state index in [-0.39, 0.29) is 17.9 Å². The molecule has 1 N–H and O–H groups in total. The first-order chi connectivity index (χ1) is 17.7. The largest absolute Gasteiger partial charge is 0.376 e. The van der Waals surface area contributed by atoms with Gasteiger partial charge in [0.1, 0.15) is 0 Å². The molecule has 1 heterocycles. The Labute approximate surface area is 213 Å². The van der Waals surface area contributed by atoms with Crippen LogP contribution in [-0.2, 0) is 33.2 Å². The van der Waals surface area contributed by atoms with Crippen LogP contribution in [0.4, 0.5) is 0 Å². The maximum Gasteiger partial charge on any atom is 0.198 e. The number of benzene rings is 4. The van der Waals surface area contributed by atoms with Gasteiger partial charge < -0.3 is 19.3 Å². The van der Waals surface area contributed by atoms with Crippen LogP contribution in [0, 0.1) is 11.8 Å². The Kier molecular flexibility index (Phi) is 7.89. The van der Waals surface area contributed by atoms with Gasteiger partial charge in [-0.2, -0.15) is 0 Å². The lowest BCUT2D eigenvalue weighted by Gasteiger charge is -2.31. The third-order valence-corrected chi connectivity index (χ3v) is 6.86. The van der Waals surface area contributed by atoms with Crippen LogP contribution in [0.5, 0.6) is 0 Å². The summed E-state index contributed by atoms with van der Waals surface area (Å²) in [4.78, 5) is 0. The average Bonchev–Trinajstić information content (AvgIpc) is 3.23. The van der Waals surface area contributed by atoms with Gasteiger partial charge in [-0.1, -0.05) is 121 Å². The minimum Gasteiger partial charge on any atom is -0.376 e. The van der Waals surface area contributed by atoms with Crippen molar-refractivity contribution >= 4 is 0 Å². The van der Waals surface area contributed by atoms with Crippen molar-refractivity contribution in [1.29, 1.82) is 0 Å². The van der Waals surface area contributed by atoms with Gasteiger partial charge in [0.2, 0.25) is 0 Å². The third-order valence-electron chi connectivity index (χ3n) is 6.86. The molecule has 0 amide bonds. The molecule has 184 valence electrons. The third kappa shape index (κ3) is 5.58. The van der Waals surface area contributed by atoms with Crippen LogP contribution in [-0.4, -0.2) is 18.3 Å². The molecular formula is C32H32O4. The van der Waals surface area contributed by atoms with Crippen molar-refractivity contribution in [2.45, 2.75) is 25.1 Å². The van der Waals surface area contributed by atoms with Crippen LogP contribution < -0.4 is 0 Å². The van der Waals surface area contributed by atoms with Crippen LogP contribution in [0.15, 0.2) is 121 Å². The Morgan fingerprint density at radius 2 is 1.08 bits per heavy atom. The van der Waals surface area contributed by atoms with Crippen LogP contribution >= 0.6 is 0 Å². The highest BCUT2D eigenvalue weighted by atomic mass is 16.6. The van der Waals surface area contributed by atoms with E-state index in [0.29, 0.717) is 26.4 Å². The summed E-state index contributed by atoms with van der Waals surface area (Å²) >= 11 is 0. The normalized spacial score (nSPS) is 23.5. The minimum atomic E-state index is -1.50. The van der Waals surface area contributed by atoms with E-state index in [1.54, 1.807) is 0 Å². The van der Waals surface area contributed by atoms with Crippen molar-refractivity contribution in [1.82, 2.24) is 0 Å². The molecule has 4 nitrogen and oxygen atoms in total. The van der Waals surface area contributed by atoms with Gasteiger partial charge in [-0.25, -0.2) is 0 Å². The topological polar surface area (TPSA) is 47.9 Å². The van der Waals surface area contributed by atoms with Crippen LogP contribution in [0.3, 0.4) is 0 Å². The summed E-state index contributed by atoms with van der Waals surface area (Å²) in [6.07, 6.45) is -0.336. The van der Waals surface area contributed by atoms with Crippen LogP contribution in [0.25, 0.3) is 0 Å². The van der Waals surface area contributed by atoms with Gasteiger partial charge in [-0.05, 0) is 16.7 Å². The van der Waals surface area contributed by atoms with Gasteiger partial charge in [0.05, 0.1) is 32.5 Å². The predicted octanol–water partition coefficient (Wildman–Crippen LogP) is 6.27. The Morgan fingerprint density at radius 1 is 0.611 bits per heavy atom. The van der Waals surface area contributed by atoms with Crippen molar-refractivity contribution in [2.75, 3.05) is 13.2 Å². The smallest absolute Gasteiger partial charge is 0.198 e. The second-order valence-electron chi connectivity index (χ2n) is 9.28. The molecule has 4 aromatic rings. The molecule has 1 unspecified atom stereocenters. The van der Waals surface area contributed by atoms with E-state index in [4.69, 9.17) is 14.2 Å². The molecule has 4 aromatic carbocycles. The lowest BCUT2D eigenvalue weighted by Crippen LogP contribution is -2.38. The molecule has 0 radical (unpaired) electrons. The van der Waals surface area contributed by atoms with E-state index in [1.165, 1.54) is 0 Å². The van der Waals surface area contributed by atoms with Gasteiger partial charge in [-0.3, -0.25) is 0 Å². The zero-order valence-electron chi connectivity index (χ0n) is 20.3. The Morgan fingerprint density at radius 3 is 1.64 bits per heavy atom. The first-order valence-electron chi connectivity index (χ1n) is 12.5. The number of rotatable bonds is 10. The van der Waals surface area contributed by atoms with Gasteiger partial charge in [-0.15, -0.1) is 0 Å². The van der Waals surface area contributed by atoms with E-state index in [0.717, 1.165) is 22.3 Å². The van der Waals surface area contributed by atoms with Crippen LogP contribution in [0.1, 0.15) is 28.4 Å². The molecular weight excluding hydrogens is 448 g/mol. The van der Waals surface area contributed by atoms with E-state index in [1.807, 2.05) is 109 Å². The molecule has 36 heavy (non-hydrogen) atoms. The fourth-order valence-electron chi connectivity index (χ4n) is 4.99. The molecule has 0 spiro atoms. The molecule has 0 aromatic heterocycles. The van der Waals surface area contributed by atoms with Crippen molar-refractivity contribution in [3.8, 4) is 0 Å². The molecule has 1 aliphatic rings. The molecule has 0 bridgehead atoms. The summed E-state index contributed by atoms with van der Waals surface area (Å²) < 4.78 is 19.0. The predicted molar refractivity (Wildman–Crippen MR) is 140 cm³/mol. The first kappa shape index (κ1) is 24.4. The maximum absolute atomic E-state index is 12.1. The fraction of sp³-hybridized carbons (Fsp3) is 0.250. The molecule has 0 saturated carbocycles. The summed E-state index contributed by atoms with van der Waals surface area (Å²) in [7, 11) is 0. The molecule has 5 rings (SSSR count). The average molecular weight is 481 g/mol. The highest BCUT2D eigenvalue weighted by Crippen LogP contribution is 2.52. The summed E-state index contributed by atoms with van der Waals surface area (Å²) in [5, 5.41) is 12.1. The second kappa shape index (κ2) is 11.6. The lowest BCUT2D eigenvalue weighted by atomic mass is 9.81. The van der Waals surface area contributed by atoms with Crippen molar-refractivity contribution in [2.24, 2.45) is 11.8 Å². The van der Waals surface area contributed by atoms with Gasteiger partial charge in [0.25, 0.3) is 0 Å². The Bertz CT molecular complexity index is 1180. The molecule has 4 atom stereocenters. The molecule has 0 aliphatic carbocycles. The SMILES string of the molecule is OC1(c2ccccc2)O[C@@H](c2ccccc2)[C@H](COCc2ccccc2)[C@H]1COCc1ccccc1. The molecule has 4 heteroatoms. The lowest BCUT2D eigenvalue weighted by molar-refractivity contribution is -0.230. The highest BCUT2D eigenvalue weighted by molar-refractivity contribution is 5.27. The number of ether oxygens (including phenoxy) is 3. The number of hydrogen-bond acceptors (Lipinski definition) is 4. The highest BCUT2D eigenvalue weighted by Gasteiger charge is 2.55. The van der Waals surface area contributed by atoms with E-state index >= 15 is 0 Å². The second-order valence-corrected chi connectivity index (χ2v) is 9.28. The summed E-state index contributed by atoms with van der Waals surface area (Å²) in [6, 6.07) is 39.9. The van der Waals surface area contributed by atoms with Crippen molar-refractivity contribution in [3.63, 3.8) is 0 Å². The van der Waals surface area contributed by atoms with Crippen LogP contribution in [0.2, 0.25) is 0 Å². The summed E-state index contributed by atoms with van der Waals surface area (Å²) in [5.41, 5.74) is 3.95. The van der Waals surface area contributed by atoms with E-state index < -0.39 is 5.79 Å². The van der Waals surface area contributed by atoms with E-state index in [2.05, 4.69) is 12.1 Å². The number of aliphatic hydroxyl groups is 1. The zero-order chi connectivity index (χ0) is 24.6. The number of hydrogen-bond donors (Lipinski definition) is 1. The minimum absolute atomic E-state index is 0.114. The molecule has 1 saturated heterocycles. The van der Waals surface area contributed by atoms with Crippen molar-refractivity contribution < 1.29 is 19.3 Å². The van der Waals surface area contributed by atoms with Gasteiger partial charge >= 0.3 is 0 Å². The Hall–Kier alpha value is -3.28. The molecule has 1 fully saturated rings. The van der Waals surface area contributed by atoms with Gasteiger partial charge in [0.15, 0.2) is 5.79 Å². The Balaban J connectivity index is 1.42. The quantitative estimate of drug-likeness (QED) is 0.291. The summed E-state index contributed by atoms with van der Waals surface area (Å²) in [6.45, 7) is 1.74. The first-order valence-corrected chi connectivity index (χ1v) is 12.5. The standard InChI is InChI=1S/C32H32O4/c33-32(28-19-11-4-12-20-28)30(24-35-22-26-15-7-2-8-16-26)29(23-34-21-25-13-5-1-6-14-25)31(36-32)27-17-9-3-10-18-27/h1-20,29-31,33H,21-24H2/t29-,30-,31+,32?/m1/s1. The monoisotopic (exact) mass is 480 g/mol. The molecule has 1 aliphatic heterocycles. The van der Waals surface area contributed by atoms with Gasteiger partial charge in [0, 0.05) is 17.4 Å². The van der Waals surface area contributed by atoms with Crippen molar-refractivity contribution in [3.05, 3.63) is 144 Å².